The van der Waals surface area contributed by atoms with Crippen LogP contribution in [-0.4, -0.2) is 29.4 Å². The Morgan fingerprint density at radius 2 is 1.71 bits per heavy atom. The van der Waals surface area contributed by atoms with Crippen LogP contribution in [0, 0.1) is 0 Å². The van der Waals surface area contributed by atoms with Gasteiger partial charge in [-0.3, -0.25) is 4.55 Å². The summed E-state index contributed by atoms with van der Waals surface area (Å²) in [6, 6.07) is 0. The molecule has 2 atom stereocenters. The number of aliphatic hydroxyl groups is 1. The Balaban J connectivity index is 3.56. The Kier molecular flexibility index (Phi) is 6.31. The molecule has 0 aliphatic heterocycles. The molecule has 5 heteroatoms. The molecule has 86 valence electrons. The van der Waals surface area contributed by atoms with E-state index in [2.05, 4.69) is 0 Å². The molecule has 0 aliphatic rings. The first-order valence-electron chi connectivity index (χ1n) is 5.02. The predicted molar refractivity (Wildman–Crippen MR) is 55.8 cm³/mol. The molecule has 0 aromatic heterocycles. The fourth-order valence-electron chi connectivity index (χ4n) is 1.16. The van der Waals surface area contributed by atoms with Gasteiger partial charge in [0.1, 0.15) is 0 Å². The summed E-state index contributed by atoms with van der Waals surface area (Å²) < 4.78 is 29.9. The van der Waals surface area contributed by atoms with Gasteiger partial charge in [0.05, 0.1) is 11.4 Å². The Morgan fingerprint density at radius 1 is 1.21 bits per heavy atom. The molecule has 0 aromatic rings. The maximum Gasteiger partial charge on any atom is 0.267 e. The summed E-state index contributed by atoms with van der Waals surface area (Å²) in [4.78, 5) is 0. The van der Waals surface area contributed by atoms with Crippen molar-refractivity contribution < 1.29 is 18.1 Å². The van der Waals surface area contributed by atoms with Crippen molar-refractivity contribution in [2.75, 3.05) is 0 Å². The van der Waals surface area contributed by atoms with Crippen LogP contribution in [0.2, 0.25) is 0 Å². The molecule has 14 heavy (non-hydrogen) atoms. The molecule has 0 radical (unpaired) electrons. The van der Waals surface area contributed by atoms with Crippen molar-refractivity contribution >= 4 is 10.1 Å². The second-order valence-corrected chi connectivity index (χ2v) is 5.51. The van der Waals surface area contributed by atoms with Gasteiger partial charge in [-0.15, -0.1) is 0 Å². The van der Waals surface area contributed by atoms with Crippen LogP contribution in [0.4, 0.5) is 0 Å². The quantitative estimate of drug-likeness (QED) is 0.508. The zero-order chi connectivity index (χ0) is 11.2. The molecule has 0 bridgehead atoms. The predicted octanol–water partition coefficient (Wildman–Crippen LogP) is 1.59. The molecule has 0 aliphatic carbocycles. The van der Waals surface area contributed by atoms with Gasteiger partial charge in [-0.1, -0.05) is 19.8 Å². The van der Waals surface area contributed by atoms with Crippen LogP contribution in [0.1, 0.15) is 46.0 Å². The molecule has 0 saturated carbocycles. The zero-order valence-electron chi connectivity index (χ0n) is 8.81. The van der Waals surface area contributed by atoms with Gasteiger partial charge in [0.15, 0.2) is 0 Å². The highest BCUT2D eigenvalue weighted by molar-refractivity contribution is 7.86. The second-order valence-electron chi connectivity index (χ2n) is 3.67. The van der Waals surface area contributed by atoms with Crippen molar-refractivity contribution in [3.8, 4) is 0 Å². The molecule has 4 nitrogen and oxygen atoms in total. The summed E-state index contributed by atoms with van der Waals surface area (Å²) in [5.74, 6) is 0. The monoisotopic (exact) mass is 224 g/mol. The van der Waals surface area contributed by atoms with Gasteiger partial charge in [0, 0.05) is 0 Å². The lowest BCUT2D eigenvalue weighted by Gasteiger charge is -2.09. The van der Waals surface area contributed by atoms with E-state index in [0.29, 0.717) is 12.8 Å². The van der Waals surface area contributed by atoms with E-state index in [-0.39, 0.29) is 6.10 Å². The lowest BCUT2D eigenvalue weighted by atomic mass is 10.1. The highest BCUT2D eigenvalue weighted by atomic mass is 32.2. The van der Waals surface area contributed by atoms with E-state index in [9.17, 15) is 13.5 Å². The molecule has 0 aromatic carbocycles. The Bertz CT molecular complexity index is 235. The largest absolute Gasteiger partial charge is 0.393 e. The maximum atomic E-state index is 10.6. The first kappa shape index (κ1) is 13.9. The fraction of sp³-hybridized carbons (Fsp3) is 1.00. The summed E-state index contributed by atoms with van der Waals surface area (Å²) in [7, 11) is -3.87. The van der Waals surface area contributed by atoms with Crippen molar-refractivity contribution in [1.82, 2.24) is 0 Å². The Hall–Kier alpha value is -0.130. The lowest BCUT2D eigenvalue weighted by molar-refractivity contribution is 0.156. The van der Waals surface area contributed by atoms with Crippen molar-refractivity contribution in [1.29, 1.82) is 0 Å². The Labute approximate surface area is 86.1 Å². The van der Waals surface area contributed by atoms with Crippen molar-refractivity contribution in [3.63, 3.8) is 0 Å². The third-order valence-corrected chi connectivity index (χ3v) is 3.63. The van der Waals surface area contributed by atoms with Gasteiger partial charge in [0.2, 0.25) is 0 Å². The molecular weight excluding hydrogens is 204 g/mol. The van der Waals surface area contributed by atoms with Crippen LogP contribution in [0.3, 0.4) is 0 Å². The van der Waals surface area contributed by atoms with Gasteiger partial charge >= 0.3 is 0 Å². The molecule has 0 fully saturated rings. The minimum absolute atomic E-state index is 0.281. The molecule has 0 spiro atoms. The summed E-state index contributed by atoms with van der Waals surface area (Å²) in [6.45, 7) is 3.40. The third-order valence-electron chi connectivity index (χ3n) is 2.38. The number of hydrogen-bond donors (Lipinski definition) is 2. The summed E-state index contributed by atoms with van der Waals surface area (Å²) in [5.41, 5.74) is 0. The summed E-state index contributed by atoms with van der Waals surface area (Å²) >= 11 is 0. The van der Waals surface area contributed by atoms with E-state index >= 15 is 0 Å². The van der Waals surface area contributed by atoms with Crippen molar-refractivity contribution in [3.05, 3.63) is 0 Å². The van der Waals surface area contributed by atoms with Gasteiger partial charge in [-0.05, 0) is 26.2 Å². The van der Waals surface area contributed by atoms with Crippen LogP contribution in [0.15, 0.2) is 0 Å². The van der Waals surface area contributed by atoms with Crippen LogP contribution >= 0.6 is 0 Å². The van der Waals surface area contributed by atoms with Gasteiger partial charge < -0.3 is 5.11 Å². The summed E-state index contributed by atoms with van der Waals surface area (Å²) in [5, 5.41) is 8.52. The maximum absolute atomic E-state index is 10.6. The first-order chi connectivity index (χ1) is 6.38. The Morgan fingerprint density at radius 3 is 2.14 bits per heavy atom. The van der Waals surface area contributed by atoms with E-state index in [1.54, 1.807) is 0 Å². The molecule has 0 heterocycles. The van der Waals surface area contributed by atoms with E-state index < -0.39 is 15.4 Å². The van der Waals surface area contributed by atoms with Crippen LogP contribution < -0.4 is 0 Å². The molecule has 2 unspecified atom stereocenters. The normalized spacial score (nSPS) is 16.6. The molecular formula is C9H20O4S. The SMILES string of the molecule is CCC(O)CCCCC(C)S(=O)(=O)O. The van der Waals surface area contributed by atoms with Gasteiger partial charge in [-0.25, -0.2) is 0 Å². The molecule has 0 amide bonds. The minimum Gasteiger partial charge on any atom is -0.393 e. The van der Waals surface area contributed by atoms with Crippen LogP contribution in [-0.2, 0) is 10.1 Å². The van der Waals surface area contributed by atoms with Crippen molar-refractivity contribution in [2.45, 2.75) is 57.3 Å². The van der Waals surface area contributed by atoms with E-state index in [4.69, 9.17) is 4.55 Å². The second kappa shape index (κ2) is 6.37. The number of rotatable bonds is 7. The van der Waals surface area contributed by atoms with E-state index in [0.717, 1.165) is 19.3 Å². The minimum atomic E-state index is -3.87. The average Bonchev–Trinajstić information content (AvgIpc) is 2.09. The third kappa shape index (κ3) is 6.34. The van der Waals surface area contributed by atoms with Gasteiger partial charge in [-0.2, -0.15) is 8.42 Å². The number of hydrogen-bond acceptors (Lipinski definition) is 3. The highest BCUT2D eigenvalue weighted by Gasteiger charge is 2.16. The molecule has 2 N–H and O–H groups in total. The highest BCUT2D eigenvalue weighted by Crippen LogP contribution is 2.11. The molecule has 0 rings (SSSR count). The smallest absolute Gasteiger partial charge is 0.267 e. The van der Waals surface area contributed by atoms with Crippen LogP contribution in [0.25, 0.3) is 0 Å². The zero-order valence-corrected chi connectivity index (χ0v) is 9.63. The first-order valence-corrected chi connectivity index (χ1v) is 6.52. The average molecular weight is 224 g/mol. The van der Waals surface area contributed by atoms with Gasteiger partial charge in [0.25, 0.3) is 10.1 Å². The summed E-state index contributed by atoms with van der Waals surface area (Å²) in [6.07, 6.45) is 3.13. The standard InChI is InChI=1S/C9H20O4S/c1-3-9(10)7-5-4-6-8(2)14(11,12)13/h8-10H,3-7H2,1-2H3,(H,11,12,13). The number of unbranched alkanes of at least 4 members (excludes halogenated alkanes) is 1. The molecule has 0 saturated heterocycles. The van der Waals surface area contributed by atoms with E-state index in [1.807, 2.05) is 6.92 Å². The fourth-order valence-corrected chi connectivity index (χ4v) is 1.63. The van der Waals surface area contributed by atoms with E-state index in [1.165, 1.54) is 6.92 Å². The van der Waals surface area contributed by atoms with Crippen LogP contribution in [0.5, 0.6) is 0 Å². The lowest BCUT2D eigenvalue weighted by Crippen LogP contribution is -2.16. The topological polar surface area (TPSA) is 74.6 Å². The van der Waals surface area contributed by atoms with Crippen molar-refractivity contribution in [2.24, 2.45) is 0 Å². The number of aliphatic hydroxyl groups excluding tert-OH is 1.